The van der Waals surface area contributed by atoms with E-state index in [1.807, 2.05) is 0 Å². The summed E-state index contributed by atoms with van der Waals surface area (Å²) in [5.41, 5.74) is 0.825. The van der Waals surface area contributed by atoms with Crippen LogP contribution < -0.4 is 4.74 Å². The highest BCUT2D eigenvalue weighted by molar-refractivity contribution is 5.88. The van der Waals surface area contributed by atoms with Crippen molar-refractivity contribution in [3.05, 3.63) is 17.1 Å². The minimum absolute atomic E-state index is 0.140. The molecule has 2 aliphatic carbocycles. The molecule has 0 aromatic carbocycles. The Morgan fingerprint density at radius 3 is 2.35 bits per heavy atom. The van der Waals surface area contributed by atoms with Crippen molar-refractivity contribution in [1.29, 1.82) is 0 Å². The quantitative estimate of drug-likeness (QED) is 0.861. The Kier molecular flexibility index (Phi) is 2.28. The van der Waals surface area contributed by atoms with Crippen molar-refractivity contribution in [2.45, 2.75) is 37.5 Å². The molecule has 5 heteroatoms. The average Bonchev–Trinajstić information content (AvgIpc) is 3.18. The number of aromatic nitrogens is 2. The average molecular weight is 234 g/mol. The zero-order valence-electron chi connectivity index (χ0n) is 9.64. The molecule has 0 unspecified atom stereocenters. The highest BCUT2D eigenvalue weighted by Crippen LogP contribution is 2.46. The van der Waals surface area contributed by atoms with Crippen LogP contribution in [-0.4, -0.2) is 28.2 Å². The van der Waals surface area contributed by atoms with Crippen LogP contribution in [0.4, 0.5) is 0 Å². The van der Waals surface area contributed by atoms with E-state index in [1.54, 1.807) is 0 Å². The van der Waals surface area contributed by atoms with Gasteiger partial charge in [-0.2, -0.15) is 4.98 Å². The van der Waals surface area contributed by atoms with Crippen LogP contribution in [0.5, 0.6) is 5.88 Å². The molecule has 0 atom stereocenters. The lowest BCUT2D eigenvalue weighted by atomic mass is 10.1. The van der Waals surface area contributed by atoms with Gasteiger partial charge in [-0.25, -0.2) is 9.78 Å². The summed E-state index contributed by atoms with van der Waals surface area (Å²) in [5.74, 6) is 0.708. The topological polar surface area (TPSA) is 72.3 Å². The van der Waals surface area contributed by atoms with Crippen LogP contribution in [0.25, 0.3) is 0 Å². The lowest BCUT2D eigenvalue weighted by Gasteiger charge is -2.11. The summed E-state index contributed by atoms with van der Waals surface area (Å²) in [6.45, 7) is 0. The molecule has 1 N–H and O–H groups in total. The van der Waals surface area contributed by atoms with Crippen LogP contribution in [0, 0.1) is 0 Å². The number of aromatic carboxylic acids is 1. The van der Waals surface area contributed by atoms with Gasteiger partial charge in [0.05, 0.1) is 12.7 Å². The highest BCUT2D eigenvalue weighted by Gasteiger charge is 2.36. The van der Waals surface area contributed by atoms with Crippen molar-refractivity contribution < 1.29 is 14.6 Å². The number of hydrogen-bond acceptors (Lipinski definition) is 4. The molecule has 0 radical (unpaired) electrons. The van der Waals surface area contributed by atoms with Crippen molar-refractivity contribution in [1.82, 2.24) is 9.97 Å². The monoisotopic (exact) mass is 234 g/mol. The molecule has 0 saturated heterocycles. The third-order valence-electron chi connectivity index (χ3n) is 3.25. The Labute approximate surface area is 98.8 Å². The second-order valence-corrected chi connectivity index (χ2v) is 4.71. The van der Waals surface area contributed by atoms with Gasteiger partial charge >= 0.3 is 5.97 Å². The third-order valence-corrected chi connectivity index (χ3v) is 3.25. The summed E-state index contributed by atoms with van der Waals surface area (Å²) in [4.78, 5) is 19.8. The first-order chi connectivity index (χ1) is 8.20. The molecule has 17 heavy (non-hydrogen) atoms. The van der Waals surface area contributed by atoms with Gasteiger partial charge in [0.2, 0.25) is 5.88 Å². The first-order valence-corrected chi connectivity index (χ1v) is 5.89. The summed E-state index contributed by atoms with van der Waals surface area (Å²) in [7, 11) is 1.54. The van der Waals surface area contributed by atoms with Gasteiger partial charge in [-0.15, -0.1) is 0 Å². The van der Waals surface area contributed by atoms with E-state index in [2.05, 4.69) is 9.97 Å². The number of carboxylic acids is 1. The number of ether oxygens (including phenoxy) is 1. The zero-order chi connectivity index (χ0) is 12.0. The Morgan fingerprint density at radius 2 is 1.88 bits per heavy atom. The van der Waals surface area contributed by atoms with Gasteiger partial charge in [-0.3, -0.25) is 0 Å². The molecule has 0 aliphatic heterocycles. The molecule has 0 amide bonds. The van der Waals surface area contributed by atoms with E-state index in [0.29, 0.717) is 23.2 Å². The van der Waals surface area contributed by atoms with E-state index in [4.69, 9.17) is 4.74 Å². The molecule has 1 heterocycles. The van der Waals surface area contributed by atoms with Gasteiger partial charge in [-0.1, -0.05) is 0 Å². The lowest BCUT2D eigenvalue weighted by molar-refractivity contribution is 0.0687. The largest absolute Gasteiger partial charge is 0.481 e. The van der Waals surface area contributed by atoms with Crippen molar-refractivity contribution in [2.24, 2.45) is 0 Å². The number of carboxylic acid groups (broad SMARTS) is 1. The van der Waals surface area contributed by atoms with E-state index in [9.17, 15) is 9.90 Å². The van der Waals surface area contributed by atoms with Crippen LogP contribution in [-0.2, 0) is 0 Å². The Hall–Kier alpha value is -1.65. The normalized spacial score (nSPS) is 19.1. The second-order valence-electron chi connectivity index (χ2n) is 4.71. The number of carbonyl (C=O) groups is 1. The minimum atomic E-state index is -0.977. The van der Waals surface area contributed by atoms with Crippen molar-refractivity contribution >= 4 is 5.97 Å². The highest BCUT2D eigenvalue weighted by atomic mass is 16.5. The molecular formula is C12H14N2O3. The van der Waals surface area contributed by atoms with Crippen LogP contribution in [0.1, 0.15) is 59.4 Å². The molecule has 90 valence electrons. The number of hydrogen-bond donors (Lipinski definition) is 1. The second kappa shape index (κ2) is 3.68. The van der Waals surface area contributed by atoms with Gasteiger partial charge in [0.15, 0.2) is 5.69 Å². The SMILES string of the molecule is COc1nc(C2CC2)nc(C(=O)O)c1C1CC1. The predicted molar refractivity (Wildman–Crippen MR) is 59.5 cm³/mol. The fourth-order valence-electron chi connectivity index (χ4n) is 2.05. The summed E-state index contributed by atoms with van der Waals surface area (Å²) in [6, 6.07) is 0. The van der Waals surface area contributed by atoms with Crippen LogP contribution >= 0.6 is 0 Å². The zero-order valence-corrected chi connectivity index (χ0v) is 9.64. The molecular weight excluding hydrogens is 220 g/mol. The van der Waals surface area contributed by atoms with Crippen molar-refractivity contribution in [3.8, 4) is 5.88 Å². The number of rotatable bonds is 4. The molecule has 0 spiro atoms. The maximum Gasteiger partial charge on any atom is 0.355 e. The fraction of sp³-hybridized carbons (Fsp3) is 0.583. The predicted octanol–water partition coefficient (Wildman–Crippen LogP) is 1.94. The van der Waals surface area contributed by atoms with Gasteiger partial charge in [0, 0.05) is 5.92 Å². The molecule has 0 bridgehead atoms. The first kappa shape index (κ1) is 10.5. The Balaban J connectivity index is 2.13. The smallest absolute Gasteiger partial charge is 0.355 e. The molecule has 1 aromatic rings. The van der Waals surface area contributed by atoms with Crippen molar-refractivity contribution in [3.63, 3.8) is 0 Å². The molecule has 1 aromatic heterocycles. The first-order valence-electron chi connectivity index (χ1n) is 5.89. The fourth-order valence-corrected chi connectivity index (χ4v) is 2.05. The maximum absolute atomic E-state index is 11.3. The Morgan fingerprint density at radius 1 is 1.24 bits per heavy atom. The summed E-state index contributed by atoms with van der Waals surface area (Å²) >= 11 is 0. The Bertz CT molecular complexity index is 479. The van der Waals surface area contributed by atoms with Crippen molar-refractivity contribution in [2.75, 3.05) is 7.11 Å². The van der Waals surface area contributed by atoms with Crippen LogP contribution in [0.15, 0.2) is 0 Å². The summed E-state index contributed by atoms with van der Waals surface area (Å²) < 4.78 is 5.24. The van der Waals surface area contributed by atoms with Gasteiger partial charge in [0.25, 0.3) is 0 Å². The standard InChI is InChI=1S/C12H14N2O3/c1-17-11-8(6-2-3-6)9(12(15)16)13-10(14-11)7-4-5-7/h6-7H,2-5H2,1H3,(H,15,16). The molecule has 2 fully saturated rings. The van der Waals surface area contributed by atoms with E-state index < -0.39 is 5.97 Å². The van der Waals surface area contributed by atoms with Gasteiger partial charge < -0.3 is 9.84 Å². The summed E-state index contributed by atoms with van der Waals surface area (Å²) in [6.07, 6.45) is 4.10. The lowest BCUT2D eigenvalue weighted by Crippen LogP contribution is -2.11. The number of methoxy groups -OCH3 is 1. The summed E-state index contributed by atoms with van der Waals surface area (Å²) in [5, 5.41) is 9.24. The number of nitrogens with zero attached hydrogens (tertiary/aromatic N) is 2. The van der Waals surface area contributed by atoms with Crippen LogP contribution in [0.2, 0.25) is 0 Å². The third kappa shape index (κ3) is 1.85. The van der Waals surface area contributed by atoms with E-state index in [-0.39, 0.29) is 11.6 Å². The van der Waals surface area contributed by atoms with Gasteiger partial charge in [-0.05, 0) is 31.6 Å². The molecule has 2 aliphatic rings. The van der Waals surface area contributed by atoms with Gasteiger partial charge in [0.1, 0.15) is 5.82 Å². The van der Waals surface area contributed by atoms with E-state index >= 15 is 0 Å². The van der Waals surface area contributed by atoms with E-state index in [1.165, 1.54) is 7.11 Å². The molecule has 2 saturated carbocycles. The van der Waals surface area contributed by atoms with Crippen LogP contribution in [0.3, 0.4) is 0 Å². The maximum atomic E-state index is 11.3. The van der Waals surface area contributed by atoms with E-state index in [0.717, 1.165) is 25.7 Å². The molecule has 5 nitrogen and oxygen atoms in total. The molecule has 3 rings (SSSR count). The minimum Gasteiger partial charge on any atom is -0.481 e.